The van der Waals surface area contributed by atoms with Gasteiger partial charge in [-0.15, -0.1) is 0 Å². The number of rotatable bonds is 3. The van der Waals surface area contributed by atoms with Gasteiger partial charge < -0.3 is 4.52 Å². The Morgan fingerprint density at radius 1 is 1.25 bits per heavy atom. The van der Waals surface area contributed by atoms with Crippen molar-refractivity contribution >= 4 is 12.4 Å². The first-order valence-electron chi connectivity index (χ1n) is 4.95. The number of aldehydes is 1. The average Bonchev–Trinajstić information content (AvgIpc) is 2.76. The molecule has 3 nitrogen and oxygen atoms in total. The number of carbonyl (C=O) groups excluding carboxylic acids is 1. The molecule has 0 radical (unpaired) electrons. The minimum absolute atomic E-state index is 0.641. The van der Waals surface area contributed by atoms with Crippen LogP contribution in [0.4, 0.5) is 0 Å². The third kappa shape index (κ3) is 2.25. The first-order chi connectivity index (χ1) is 7.79. The van der Waals surface area contributed by atoms with Gasteiger partial charge in [0.2, 0.25) is 0 Å². The zero-order valence-corrected chi connectivity index (χ0v) is 8.88. The van der Waals surface area contributed by atoms with Crippen molar-refractivity contribution in [2.24, 2.45) is 0 Å². The van der Waals surface area contributed by atoms with Crippen molar-refractivity contribution in [3.63, 3.8) is 0 Å². The van der Waals surface area contributed by atoms with E-state index in [2.05, 4.69) is 5.16 Å². The van der Waals surface area contributed by atoms with Crippen LogP contribution in [0.1, 0.15) is 11.3 Å². The number of carbonyl (C=O) groups is 1. The van der Waals surface area contributed by atoms with Gasteiger partial charge in [-0.25, -0.2) is 0 Å². The second kappa shape index (κ2) is 4.57. The molecule has 0 fully saturated rings. The smallest absolute Gasteiger partial charge is 0.167 e. The molecule has 16 heavy (non-hydrogen) atoms. The Morgan fingerprint density at radius 2 is 2.00 bits per heavy atom. The fourth-order valence-electron chi connectivity index (χ4n) is 1.36. The first kappa shape index (κ1) is 10.4. The van der Waals surface area contributed by atoms with E-state index < -0.39 is 0 Å². The van der Waals surface area contributed by atoms with Crippen LogP contribution in [-0.2, 0) is 4.79 Å². The van der Waals surface area contributed by atoms with E-state index in [1.807, 2.05) is 31.2 Å². The predicted molar refractivity (Wildman–Crippen MR) is 61.8 cm³/mol. The van der Waals surface area contributed by atoms with Crippen LogP contribution in [0.15, 0.2) is 40.9 Å². The van der Waals surface area contributed by atoms with E-state index in [1.54, 1.807) is 12.1 Å². The lowest BCUT2D eigenvalue weighted by atomic mass is 10.1. The SMILES string of the molecule is Cc1ccc(-c2cc(C=CC=O)no2)cc1. The van der Waals surface area contributed by atoms with Gasteiger partial charge in [0.05, 0.1) is 0 Å². The summed E-state index contributed by atoms with van der Waals surface area (Å²) in [5.41, 5.74) is 2.82. The molecule has 0 N–H and O–H groups in total. The molecule has 0 aliphatic heterocycles. The van der Waals surface area contributed by atoms with Crippen LogP contribution in [0, 0.1) is 6.92 Å². The quantitative estimate of drug-likeness (QED) is 0.581. The summed E-state index contributed by atoms with van der Waals surface area (Å²) in [6.07, 6.45) is 3.70. The zero-order chi connectivity index (χ0) is 11.4. The highest BCUT2D eigenvalue weighted by molar-refractivity contribution is 5.73. The summed E-state index contributed by atoms with van der Waals surface area (Å²) < 4.78 is 5.17. The Bertz CT molecular complexity index is 509. The van der Waals surface area contributed by atoms with E-state index in [9.17, 15) is 4.79 Å². The van der Waals surface area contributed by atoms with E-state index in [1.165, 1.54) is 11.6 Å². The molecule has 80 valence electrons. The normalized spacial score (nSPS) is 10.8. The lowest BCUT2D eigenvalue weighted by Gasteiger charge is -1.94. The summed E-state index contributed by atoms with van der Waals surface area (Å²) in [5.74, 6) is 0.700. The molecule has 0 atom stereocenters. The maximum Gasteiger partial charge on any atom is 0.167 e. The molecule has 3 heteroatoms. The zero-order valence-electron chi connectivity index (χ0n) is 8.88. The van der Waals surface area contributed by atoms with Gasteiger partial charge in [-0.2, -0.15) is 0 Å². The summed E-state index contributed by atoms with van der Waals surface area (Å²) in [6, 6.07) is 9.77. The van der Waals surface area contributed by atoms with Crippen molar-refractivity contribution < 1.29 is 9.32 Å². The molecule has 1 aromatic carbocycles. The van der Waals surface area contributed by atoms with Crippen LogP contribution in [0.5, 0.6) is 0 Å². The van der Waals surface area contributed by atoms with E-state index in [0.29, 0.717) is 17.7 Å². The fourth-order valence-corrected chi connectivity index (χ4v) is 1.36. The second-order valence-electron chi connectivity index (χ2n) is 3.48. The summed E-state index contributed by atoms with van der Waals surface area (Å²) in [7, 11) is 0. The lowest BCUT2D eigenvalue weighted by Crippen LogP contribution is -1.74. The monoisotopic (exact) mass is 213 g/mol. The molecule has 1 heterocycles. The summed E-state index contributed by atoms with van der Waals surface area (Å²) >= 11 is 0. The fraction of sp³-hybridized carbons (Fsp3) is 0.0769. The Kier molecular flexibility index (Phi) is 2.96. The Balaban J connectivity index is 2.27. The second-order valence-corrected chi connectivity index (χ2v) is 3.48. The molecule has 0 saturated carbocycles. The number of allylic oxidation sites excluding steroid dienone is 1. The lowest BCUT2D eigenvalue weighted by molar-refractivity contribution is -0.104. The van der Waals surface area contributed by atoms with Crippen LogP contribution in [-0.4, -0.2) is 11.4 Å². The summed E-state index contributed by atoms with van der Waals surface area (Å²) in [6.45, 7) is 2.03. The van der Waals surface area contributed by atoms with Crippen molar-refractivity contribution in [2.45, 2.75) is 6.92 Å². The Morgan fingerprint density at radius 3 is 2.69 bits per heavy atom. The van der Waals surface area contributed by atoms with Gasteiger partial charge in [0.1, 0.15) is 12.0 Å². The van der Waals surface area contributed by atoms with E-state index in [-0.39, 0.29) is 0 Å². The maximum absolute atomic E-state index is 10.1. The first-order valence-corrected chi connectivity index (χ1v) is 4.95. The molecule has 0 unspecified atom stereocenters. The topological polar surface area (TPSA) is 43.1 Å². The molecule has 2 aromatic rings. The molecule has 0 amide bonds. The van der Waals surface area contributed by atoms with Crippen molar-refractivity contribution in [3.05, 3.63) is 47.7 Å². The van der Waals surface area contributed by atoms with Crippen LogP contribution >= 0.6 is 0 Å². The molecule has 0 aliphatic rings. The van der Waals surface area contributed by atoms with Gasteiger partial charge in [-0.3, -0.25) is 4.79 Å². The highest BCUT2D eigenvalue weighted by Gasteiger charge is 2.03. The Hall–Kier alpha value is -2.16. The van der Waals surface area contributed by atoms with Crippen molar-refractivity contribution in [1.29, 1.82) is 0 Å². The predicted octanol–water partition coefficient (Wildman–Crippen LogP) is 2.86. The standard InChI is InChI=1S/C13H11NO2/c1-10-4-6-11(7-5-10)13-9-12(14-16-13)3-2-8-15/h2-9H,1H3. The van der Waals surface area contributed by atoms with Crippen molar-refractivity contribution in [2.75, 3.05) is 0 Å². The molecule has 0 spiro atoms. The van der Waals surface area contributed by atoms with Gasteiger partial charge in [0.25, 0.3) is 0 Å². The number of benzene rings is 1. The van der Waals surface area contributed by atoms with Gasteiger partial charge in [0, 0.05) is 11.6 Å². The maximum atomic E-state index is 10.1. The molecule has 2 rings (SSSR count). The minimum atomic E-state index is 0.641. The number of hydrogen-bond donors (Lipinski definition) is 0. The number of aryl methyl sites for hydroxylation is 1. The van der Waals surface area contributed by atoms with Crippen LogP contribution in [0.25, 0.3) is 17.4 Å². The molecule has 0 bridgehead atoms. The van der Waals surface area contributed by atoms with Crippen molar-refractivity contribution in [1.82, 2.24) is 5.16 Å². The van der Waals surface area contributed by atoms with Gasteiger partial charge in [0.15, 0.2) is 5.76 Å². The molecular weight excluding hydrogens is 202 g/mol. The summed E-state index contributed by atoms with van der Waals surface area (Å²) in [5, 5.41) is 3.83. The van der Waals surface area contributed by atoms with E-state index in [0.717, 1.165) is 5.56 Å². The molecular formula is C13H11NO2. The number of nitrogens with zero attached hydrogens (tertiary/aromatic N) is 1. The molecule has 1 aromatic heterocycles. The van der Waals surface area contributed by atoms with Gasteiger partial charge in [-0.05, 0) is 19.1 Å². The molecule has 0 aliphatic carbocycles. The average molecular weight is 213 g/mol. The highest BCUT2D eigenvalue weighted by Crippen LogP contribution is 2.20. The third-order valence-electron chi connectivity index (χ3n) is 2.21. The van der Waals surface area contributed by atoms with Crippen LogP contribution in [0.3, 0.4) is 0 Å². The van der Waals surface area contributed by atoms with E-state index in [4.69, 9.17) is 4.52 Å². The summed E-state index contributed by atoms with van der Waals surface area (Å²) in [4.78, 5) is 10.1. The largest absolute Gasteiger partial charge is 0.356 e. The molecule has 0 saturated heterocycles. The number of aromatic nitrogens is 1. The van der Waals surface area contributed by atoms with Gasteiger partial charge >= 0.3 is 0 Å². The minimum Gasteiger partial charge on any atom is -0.356 e. The third-order valence-corrected chi connectivity index (χ3v) is 2.21. The van der Waals surface area contributed by atoms with Crippen molar-refractivity contribution in [3.8, 4) is 11.3 Å². The highest BCUT2D eigenvalue weighted by atomic mass is 16.5. The van der Waals surface area contributed by atoms with Crippen LogP contribution < -0.4 is 0 Å². The van der Waals surface area contributed by atoms with E-state index >= 15 is 0 Å². The van der Waals surface area contributed by atoms with Crippen LogP contribution in [0.2, 0.25) is 0 Å². The van der Waals surface area contributed by atoms with Gasteiger partial charge in [-0.1, -0.05) is 35.0 Å². The number of hydrogen-bond acceptors (Lipinski definition) is 3. The Labute approximate surface area is 93.4 Å².